The maximum Gasteiger partial charge on any atom is 0.262 e. The van der Waals surface area contributed by atoms with Gasteiger partial charge in [-0.25, -0.2) is 0 Å². The van der Waals surface area contributed by atoms with Gasteiger partial charge >= 0.3 is 0 Å². The van der Waals surface area contributed by atoms with E-state index in [-0.39, 0.29) is 24.7 Å². The second kappa shape index (κ2) is 11.5. The third kappa shape index (κ3) is 5.06. The molecule has 13 heteroatoms. The number of piperazine rings is 1. The van der Waals surface area contributed by atoms with Crippen molar-refractivity contribution in [2.24, 2.45) is 5.92 Å². The Morgan fingerprint density at radius 1 is 0.837 bits per heavy atom. The third-order valence-corrected chi connectivity index (χ3v) is 11.1. The first-order chi connectivity index (χ1) is 24.2. The number of nitrogens with zero attached hydrogens (tertiary/aromatic N) is 6. The van der Waals surface area contributed by atoms with Crippen molar-refractivity contribution in [1.82, 2.24) is 30.6 Å². The number of benzene rings is 2. The first-order valence-electron chi connectivity index (χ1n) is 17.6. The van der Waals surface area contributed by atoms with E-state index in [1.54, 1.807) is 18.2 Å². The van der Waals surface area contributed by atoms with Crippen molar-refractivity contribution in [2.75, 3.05) is 42.5 Å². The number of nitrogens with one attached hydrogen (secondary N) is 2. The summed E-state index contributed by atoms with van der Waals surface area (Å²) in [5.74, 6) is -0.782. The van der Waals surface area contributed by atoms with Crippen molar-refractivity contribution < 1.29 is 25.4 Å². The minimum Gasteiger partial charge on any atom is -0.363 e. The highest BCUT2D eigenvalue weighted by Crippen LogP contribution is 2.40. The molecule has 7 aliphatic rings. The summed E-state index contributed by atoms with van der Waals surface area (Å²) < 4.78 is 7.76. The molecular formula is C36H36N8O5. The van der Waals surface area contributed by atoms with Gasteiger partial charge in [0.25, 0.3) is 17.7 Å². The van der Waals surface area contributed by atoms with Crippen LogP contribution in [0.25, 0.3) is 11.3 Å². The smallest absolute Gasteiger partial charge is 0.262 e. The van der Waals surface area contributed by atoms with E-state index < -0.39 is 23.8 Å². The summed E-state index contributed by atoms with van der Waals surface area (Å²) in [6.45, 7) is 5.08. The van der Waals surface area contributed by atoms with Crippen LogP contribution in [0.2, 0.25) is 1.41 Å². The van der Waals surface area contributed by atoms with Crippen molar-refractivity contribution >= 4 is 41.0 Å². The van der Waals surface area contributed by atoms with E-state index in [1.807, 2.05) is 30.3 Å². The molecule has 0 aliphatic carbocycles. The normalized spacial score (nSPS) is 25.8. The number of piperidine rings is 3. The summed E-state index contributed by atoms with van der Waals surface area (Å²) in [6.07, 6.45) is 3.48. The molecule has 2 bridgehead atoms. The lowest BCUT2D eigenvalue weighted by Gasteiger charge is -2.58. The molecule has 5 amide bonds. The predicted octanol–water partition coefficient (Wildman–Crippen LogP) is 1.97. The van der Waals surface area contributed by atoms with Gasteiger partial charge in [0.15, 0.2) is 7.23 Å². The number of anilines is 2. The maximum absolute atomic E-state index is 13.4. The van der Waals surface area contributed by atoms with Crippen molar-refractivity contribution in [3.63, 3.8) is 0 Å². The fourth-order valence-electron chi connectivity index (χ4n) is 8.56. The summed E-state index contributed by atoms with van der Waals surface area (Å²) in [6, 6.07) is 14.7. The van der Waals surface area contributed by atoms with E-state index in [2.05, 4.69) is 30.2 Å². The monoisotopic (exact) mass is 661 g/mol. The average molecular weight is 662 g/mol. The Bertz CT molecular complexity index is 1950. The third-order valence-electron chi connectivity index (χ3n) is 11.1. The Kier molecular flexibility index (Phi) is 6.74. The number of hydrogen-bond acceptors (Lipinski definition) is 10. The largest absolute Gasteiger partial charge is 0.363 e. The lowest BCUT2D eigenvalue weighted by Crippen LogP contribution is -2.69. The van der Waals surface area contributed by atoms with Crippen molar-refractivity contribution in [2.45, 2.75) is 56.8 Å². The Morgan fingerprint density at radius 2 is 1.63 bits per heavy atom. The maximum atomic E-state index is 13.4. The molecule has 3 unspecified atom stereocenters. The summed E-state index contributed by atoms with van der Waals surface area (Å²) in [7, 11) is 0. The number of carbonyl (C=O) groups is 5. The molecule has 3 aromatic rings. The Morgan fingerprint density at radius 3 is 2.39 bits per heavy atom. The Balaban J connectivity index is 0.786. The van der Waals surface area contributed by atoms with Crippen LogP contribution in [0.5, 0.6) is 0 Å². The Labute approximate surface area is 284 Å². The first-order valence-corrected chi connectivity index (χ1v) is 17.1. The van der Waals surface area contributed by atoms with Gasteiger partial charge in [0, 0.05) is 74.6 Å². The predicted molar refractivity (Wildman–Crippen MR) is 178 cm³/mol. The van der Waals surface area contributed by atoms with Gasteiger partial charge in [0.1, 0.15) is 6.04 Å². The lowest BCUT2D eigenvalue weighted by molar-refractivity contribution is -0.136. The molecule has 5 saturated heterocycles. The van der Waals surface area contributed by atoms with Crippen LogP contribution in [0.4, 0.5) is 11.5 Å². The van der Waals surface area contributed by atoms with Crippen molar-refractivity contribution in [3.05, 3.63) is 70.8 Å². The molecule has 0 radical (unpaired) electrons. The van der Waals surface area contributed by atoms with E-state index in [1.165, 1.54) is 0 Å². The van der Waals surface area contributed by atoms with Gasteiger partial charge in [-0.2, -0.15) is 0 Å². The standard InChI is InChI=1S/C36H36N8O5/c45-32-8-6-30(34(47)38-32)44-35(48)26-4-3-23(15-28(26)36(44)49)43-24-14-25(43)19-41(18-24)17-20-9-11-42(12-10-20)31-7-5-29(39-40-31)21-1-2-22-16-37-33(46)27(22)13-21/h1-5,7,13,15,20,24-25,30H,6,8-12,14,16-19H2,(H,37,46)(H,38,45,47)/i/hD. The summed E-state index contributed by atoms with van der Waals surface area (Å²) in [4.78, 5) is 71.0. The first kappa shape index (κ1) is 28.8. The van der Waals surface area contributed by atoms with Gasteiger partial charge in [0.2, 0.25) is 11.8 Å². The molecule has 5 fully saturated rings. The van der Waals surface area contributed by atoms with Crippen LogP contribution >= 0.6 is 0 Å². The number of hydrogen-bond donors (Lipinski definition) is 2. The number of amides is 5. The molecule has 0 saturated carbocycles. The second-order valence-corrected chi connectivity index (χ2v) is 14.0. The minimum atomic E-state index is -0.965. The fraction of sp³-hybridized carbons (Fsp3) is 0.417. The zero-order valence-corrected chi connectivity index (χ0v) is 26.9. The van der Waals surface area contributed by atoms with E-state index in [0.29, 0.717) is 46.9 Å². The summed E-state index contributed by atoms with van der Waals surface area (Å²) in [5, 5.41) is 12.2. The average Bonchev–Trinajstić information content (AvgIpc) is 3.54. The highest BCUT2D eigenvalue weighted by atomic mass is 16.2. The molecule has 2 N–H and O–H groups in total. The molecule has 2 aromatic carbocycles. The number of fused-ring (bicyclic) bond motifs is 4. The summed E-state index contributed by atoms with van der Waals surface area (Å²) in [5.41, 5.74) is 4.50. The van der Waals surface area contributed by atoms with Crippen LogP contribution in [-0.4, -0.2) is 100 Å². The molecule has 250 valence electrons. The van der Waals surface area contributed by atoms with Gasteiger partial charge in [-0.05, 0) is 73.6 Å². The van der Waals surface area contributed by atoms with E-state index in [9.17, 15) is 24.0 Å². The van der Waals surface area contributed by atoms with Crippen molar-refractivity contribution in [1.29, 1.82) is 0 Å². The van der Waals surface area contributed by atoms with Gasteiger partial charge in [0.05, 0.1) is 16.8 Å². The Hall–Kier alpha value is -5.17. The van der Waals surface area contributed by atoms with E-state index in [4.69, 9.17) is 1.41 Å². The molecule has 3 atom stereocenters. The van der Waals surface area contributed by atoms with Gasteiger partial charge in [-0.15, -0.1) is 10.2 Å². The molecular weight excluding hydrogens is 624 g/mol. The molecule has 7 aliphatic heterocycles. The second-order valence-electron chi connectivity index (χ2n) is 14.0. The molecule has 13 nitrogen and oxygen atoms in total. The van der Waals surface area contributed by atoms with Crippen molar-refractivity contribution in [3.8, 4) is 11.3 Å². The van der Waals surface area contributed by atoms with Crippen LogP contribution in [0, 0.1) is 5.92 Å². The fourth-order valence-corrected chi connectivity index (χ4v) is 8.56. The highest BCUT2D eigenvalue weighted by molar-refractivity contribution is 6.23. The number of aromatic nitrogens is 2. The lowest BCUT2D eigenvalue weighted by atomic mass is 9.85. The number of carbonyl (C=O) groups excluding carboxylic acids is 5. The van der Waals surface area contributed by atoms with Crippen LogP contribution < -0.4 is 20.4 Å². The molecule has 1 aromatic heterocycles. The zero-order chi connectivity index (χ0) is 34.3. The quantitative estimate of drug-likeness (QED) is 0.376. The van der Waals surface area contributed by atoms with Crippen LogP contribution in [0.3, 0.4) is 0 Å². The zero-order valence-electron chi connectivity index (χ0n) is 27.9. The van der Waals surface area contributed by atoms with E-state index in [0.717, 1.165) is 84.8 Å². The van der Waals surface area contributed by atoms with Gasteiger partial charge < -0.3 is 15.1 Å². The van der Waals surface area contributed by atoms with Crippen LogP contribution in [-0.2, 0) is 16.1 Å². The van der Waals surface area contributed by atoms with Crippen LogP contribution in [0.15, 0.2) is 48.5 Å². The number of imide groups is 2. The topological polar surface area (TPSA) is 148 Å². The van der Waals surface area contributed by atoms with Crippen LogP contribution in [0.1, 0.15) is 68.7 Å². The van der Waals surface area contributed by atoms with E-state index >= 15 is 0 Å². The molecule has 8 heterocycles. The molecule has 0 spiro atoms. The minimum absolute atomic E-state index is 0.0978. The SMILES string of the molecule is [2H]N1Cc2ccc(-c3ccc(N4CCC(CN5CC6CC(C5)N6c5ccc6c(c5)C(=O)N(C5CCC(=O)NC5=O)C6=O)CC4)nn3)cc2C1=O. The van der Waals surface area contributed by atoms with Gasteiger partial charge in [-0.3, -0.25) is 39.1 Å². The molecule has 10 rings (SSSR count). The van der Waals surface area contributed by atoms with Gasteiger partial charge in [-0.1, -0.05) is 12.1 Å². The molecule has 49 heavy (non-hydrogen) atoms. The highest BCUT2D eigenvalue weighted by Gasteiger charge is 2.48. The summed E-state index contributed by atoms with van der Waals surface area (Å²) >= 11 is 0. The number of rotatable bonds is 6.